The summed E-state index contributed by atoms with van der Waals surface area (Å²) in [5.41, 5.74) is 2.00. The lowest BCUT2D eigenvalue weighted by Crippen LogP contribution is -2.41. The molecule has 0 bridgehead atoms. The van der Waals surface area contributed by atoms with Crippen LogP contribution in [0, 0.1) is 0 Å². The third kappa shape index (κ3) is 3.55. The molecule has 0 aliphatic carbocycles. The summed E-state index contributed by atoms with van der Waals surface area (Å²) in [6.45, 7) is 4.02. The lowest BCUT2D eigenvalue weighted by molar-refractivity contribution is 0.0187. The third-order valence-electron chi connectivity index (χ3n) is 5.61. The Morgan fingerprint density at radius 3 is 2.60 bits per heavy atom. The monoisotopic (exact) mass is 404 g/mol. The number of anilines is 1. The van der Waals surface area contributed by atoms with Gasteiger partial charge in [0.2, 0.25) is 0 Å². The van der Waals surface area contributed by atoms with Gasteiger partial charge in [-0.1, -0.05) is 36.4 Å². The Hall–Kier alpha value is -3.23. The minimum absolute atomic E-state index is 0.192. The molecule has 1 atom stereocenters. The van der Waals surface area contributed by atoms with Crippen molar-refractivity contribution in [2.24, 2.45) is 0 Å². The molecule has 4 aromatic rings. The van der Waals surface area contributed by atoms with E-state index in [1.165, 1.54) is 5.56 Å². The van der Waals surface area contributed by atoms with Gasteiger partial charge in [0.05, 0.1) is 26.4 Å². The normalized spacial score (nSPS) is 16.0. The molecule has 8 nitrogen and oxygen atoms in total. The summed E-state index contributed by atoms with van der Waals surface area (Å²) in [4.78, 5) is 2.46. The first-order valence-corrected chi connectivity index (χ1v) is 10.1. The Labute approximate surface area is 174 Å². The topological polar surface area (TPSA) is 76.8 Å². The van der Waals surface area contributed by atoms with Crippen LogP contribution in [0.4, 0.5) is 5.82 Å². The zero-order valence-electron chi connectivity index (χ0n) is 16.9. The van der Waals surface area contributed by atoms with Crippen molar-refractivity contribution in [3.8, 4) is 5.75 Å². The van der Waals surface area contributed by atoms with Crippen LogP contribution in [-0.4, -0.2) is 64.7 Å². The van der Waals surface area contributed by atoms with E-state index in [2.05, 4.69) is 44.7 Å². The number of morpholine rings is 1. The molecule has 154 valence electrons. The maximum Gasteiger partial charge on any atom is 0.185 e. The summed E-state index contributed by atoms with van der Waals surface area (Å²) >= 11 is 0. The highest BCUT2D eigenvalue weighted by atomic mass is 16.5. The van der Waals surface area contributed by atoms with Crippen molar-refractivity contribution in [1.29, 1.82) is 0 Å². The molecule has 1 aliphatic heterocycles. The Morgan fingerprint density at radius 1 is 1.07 bits per heavy atom. The number of nitrogens with one attached hydrogen (secondary N) is 1. The van der Waals surface area contributed by atoms with Gasteiger partial charge in [-0.15, -0.1) is 15.3 Å². The molecule has 2 aromatic heterocycles. The second-order valence-corrected chi connectivity index (χ2v) is 7.31. The Bertz CT molecular complexity index is 1140. The summed E-state index contributed by atoms with van der Waals surface area (Å²) in [7, 11) is 1.69. The average molecular weight is 404 g/mol. The third-order valence-corrected chi connectivity index (χ3v) is 5.61. The maximum absolute atomic E-state index is 5.57. The van der Waals surface area contributed by atoms with Crippen LogP contribution in [0.2, 0.25) is 0 Å². The molecular weight excluding hydrogens is 380 g/mol. The molecule has 0 saturated carbocycles. The van der Waals surface area contributed by atoms with Gasteiger partial charge in [0.15, 0.2) is 11.5 Å². The molecule has 0 unspecified atom stereocenters. The molecule has 0 radical (unpaired) electrons. The molecule has 30 heavy (non-hydrogen) atoms. The number of benzene rings is 2. The number of rotatable bonds is 6. The van der Waals surface area contributed by atoms with Crippen LogP contribution in [0.3, 0.4) is 0 Å². The SMILES string of the molecule is COc1ccc([C@@H](CNc2nn3cnnc3c3ccccc23)N2CCOCC2)cc1. The van der Waals surface area contributed by atoms with Crippen LogP contribution in [0.15, 0.2) is 54.9 Å². The van der Waals surface area contributed by atoms with Gasteiger partial charge < -0.3 is 14.8 Å². The highest BCUT2D eigenvalue weighted by molar-refractivity contribution is 5.99. The van der Waals surface area contributed by atoms with Crippen molar-refractivity contribution in [1.82, 2.24) is 24.7 Å². The smallest absolute Gasteiger partial charge is 0.185 e. The van der Waals surface area contributed by atoms with E-state index in [0.29, 0.717) is 0 Å². The van der Waals surface area contributed by atoms with Crippen molar-refractivity contribution in [3.05, 3.63) is 60.4 Å². The van der Waals surface area contributed by atoms with Gasteiger partial charge in [-0.25, -0.2) is 0 Å². The van der Waals surface area contributed by atoms with E-state index in [0.717, 1.165) is 60.8 Å². The largest absolute Gasteiger partial charge is 0.497 e. The van der Waals surface area contributed by atoms with Crippen molar-refractivity contribution in [3.63, 3.8) is 0 Å². The van der Waals surface area contributed by atoms with Gasteiger partial charge in [0.25, 0.3) is 0 Å². The highest BCUT2D eigenvalue weighted by Crippen LogP contribution is 2.27. The van der Waals surface area contributed by atoms with Gasteiger partial charge in [-0.05, 0) is 17.7 Å². The van der Waals surface area contributed by atoms with E-state index in [-0.39, 0.29) is 6.04 Å². The zero-order valence-corrected chi connectivity index (χ0v) is 16.9. The molecule has 1 fully saturated rings. The number of hydrogen-bond donors (Lipinski definition) is 1. The molecular formula is C22H24N6O2. The summed E-state index contributed by atoms with van der Waals surface area (Å²) in [6, 6.07) is 16.6. The van der Waals surface area contributed by atoms with Crippen LogP contribution >= 0.6 is 0 Å². The first-order chi connectivity index (χ1) is 14.8. The zero-order chi connectivity index (χ0) is 20.3. The molecule has 3 heterocycles. The van der Waals surface area contributed by atoms with Crippen LogP contribution in [-0.2, 0) is 4.74 Å². The minimum atomic E-state index is 0.192. The second-order valence-electron chi connectivity index (χ2n) is 7.31. The fraction of sp³-hybridized carbons (Fsp3) is 0.318. The van der Waals surface area contributed by atoms with E-state index >= 15 is 0 Å². The fourth-order valence-electron chi connectivity index (χ4n) is 4.02. The number of aromatic nitrogens is 4. The number of ether oxygens (including phenoxy) is 2. The van der Waals surface area contributed by atoms with Gasteiger partial charge in [0.1, 0.15) is 12.1 Å². The van der Waals surface area contributed by atoms with Crippen molar-refractivity contribution in [2.45, 2.75) is 6.04 Å². The van der Waals surface area contributed by atoms with E-state index < -0.39 is 0 Å². The van der Waals surface area contributed by atoms with Gasteiger partial charge in [0, 0.05) is 30.4 Å². The predicted octanol–water partition coefficient (Wildman–Crippen LogP) is 2.77. The summed E-state index contributed by atoms with van der Waals surface area (Å²) < 4.78 is 12.6. The van der Waals surface area contributed by atoms with Gasteiger partial charge >= 0.3 is 0 Å². The molecule has 8 heteroatoms. The van der Waals surface area contributed by atoms with E-state index in [1.54, 1.807) is 18.0 Å². The molecule has 5 rings (SSSR count). The lowest BCUT2D eigenvalue weighted by Gasteiger charge is -2.35. The predicted molar refractivity (Wildman–Crippen MR) is 115 cm³/mol. The minimum Gasteiger partial charge on any atom is -0.497 e. The lowest BCUT2D eigenvalue weighted by atomic mass is 10.0. The number of methoxy groups -OCH3 is 1. The van der Waals surface area contributed by atoms with Crippen LogP contribution in [0.1, 0.15) is 11.6 Å². The van der Waals surface area contributed by atoms with Crippen molar-refractivity contribution >= 4 is 22.2 Å². The standard InChI is InChI=1S/C22H24N6O2/c1-29-17-8-6-16(7-9-17)20(27-10-12-30-13-11-27)14-23-21-18-4-2-3-5-19(18)22-25-24-15-28(22)26-21/h2-9,15,20H,10-14H2,1H3,(H,23,26)/t20-/m1/s1. The van der Waals surface area contributed by atoms with E-state index in [9.17, 15) is 0 Å². The van der Waals surface area contributed by atoms with E-state index in [1.807, 2.05) is 24.3 Å². The molecule has 2 aromatic carbocycles. The van der Waals surface area contributed by atoms with Crippen molar-refractivity contribution in [2.75, 3.05) is 45.3 Å². The average Bonchev–Trinajstić information content (AvgIpc) is 3.29. The number of hydrogen-bond acceptors (Lipinski definition) is 7. The van der Waals surface area contributed by atoms with Gasteiger partial charge in [-0.3, -0.25) is 4.90 Å². The Balaban J connectivity index is 1.47. The van der Waals surface area contributed by atoms with Crippen LogP contribution in [0.5, 0.6) is 5.75 Å². The fourth-order valence-corrected chi connectivity index (χ4v) is 4.02. The van der Waals surface area contributed by atoms with Crippen LogP contribution in [0.25, 0.3) is 16.4 Å². The molecule has 0 amide bonds. The summed E-state index contributed by atoms with van der Waals surface area (Å²) in [6.07, 6.45) is 1.63. The first kappa shape index (κ1) is 18.8. The number of fused-ring (bicyclic) bond motifs is 3. The van der Waals surface area contributed by atoms with E-state index in [4.69, 9.17) is 14.6 Å². The van der Waals surface area contributed by atoms with Gasteiger partial charge in [-0.2, -0.15) is 4.52 Å². The first-order valence-electron chi connectivity index (χ1n) is 10.1. The second kappa shape index (κ2) is 8.25. The van der Waals surface area contributed by atoms with Crippen LogP contribution < -0.4 is 10.1 Å². The van der Waals surface area contributed by atoms with Crippen molar-refractivity contribution < 1.29 is 9.47 Å². The molecule has 1 aliphatic rings. The summed E-state index contributed by atoms with van der Waals surface area (Å²) in [5.74, 6) is 1.68. The highest BCUT2D eigenvalue weighted by Gasteiger charge is 2.23. The quantitative estimate of drug-likeness (QED) is 0.529. The molecule has 1 N–H and O–H groups in total. The maximum atomic E-state index is 5.57. The Morgan fingerprint density at radius 2 is 1.83 bits per heavy atom. The molecule has 0 spiro atoms. The number of nitrogens with zero attached hydrogens (tertiary/aromatic N) is 5. The Kier molecular flexibility index (Phi) is 5.17. The summed E-state index contributed by atoms with van der Waals surface area (Å²) in [5, 5.41) is 18.6. The molecule has 1 saturated heterocycles.